The molecule has 1 rings (SSSR count). The SMILES string of the molecule is CC(C)[C@@H](Cc1ccccc1)C(=O)C(C)(C)C. The van der Waals surface area contributed by atoms with Gasteiger partial charge in [0.2, 0.25) is 0 Å². The molecule has 0 N–H and O–H groups in total. The zero-order chi connectivity index (χ0) is 13.1. The minimum atomic E-state index is -0.246. The van der Waals surface area contributed by atoms with E-state index in [4.69, 9.17) is 0 Å². The highest BCUT2D eigenvalue weighted by Gasteiger charge is 2.31. The van der Waals surface area contributed by atoms with Crippen molar-refractivity contribution in [2.45, 2.75) is 41.0 Å². The zero-order valence-electron chi connectivity index (χ0n) is 11.7. The van der Waals surface area contributed by atoms with E-state index in [2.05, 4.69) is 26.0 Å². The number of carbonyl (C=O) groups excluding carboxylic acids is 1. The average molecular weight is 232 g/mol. The maximum Gasteiger partial charge on any atom is 0.141 e. The van der Waals surface area contributed by atoms with Crippen LogP contribution in [0.3, 0.4) is 0 Å². The second kappa shape index (κ2) is 5.48. The summed E-state index contributed by atoms with van der Waals surface area (Å²) >= 11 is 0. The summed E-state index contributed by atoms with van der Waals surface area (Å²) in [6.45, 7) is 10.3. The number of ketones is 1. The van der Waals surface area contributed by atoms with E-state index in [0.717, 1.165) is 6.42 Å². The van der Waals surface area contributed by atoms with Gasteiger partial charge in [-0.3, -0.25) is 4.79 Å². The fraction of sp³-hybridized carbons (Fsp3) is 0.562. The summed E-state index contributed by atoms with van der Waals surface area (Å²) in [5, 5.41) is 0. The Morgan fingerprint density at radius 1 is 1.12 bits per heavy atom. The van der Waals surface area contributed by atoms with Crippen molar-refractivity contribution < 1.29 is 4.79 Å². The van der Waals surface area contributed by atoms with Gasteiger partial charge in [0.05, 0.1) is 0 Å². The number of hydrogen-bond donors (Lipinski definition) is 0. The molecular weight excluding hydrogens is 208 g/mol. The van der Waals surface area contributed by atoms with E-state index in [0.29, 0.717) is 11.7 Å². The van der Waals surface area contributed by atoms with Gasteiger partial charge in [0.15, 0.2) is 0 Å². The van der Waals surface area contributed by atoms with Gasteiger partial charge in [-0.25, -0.2) is 0 Å². The quantitative estimate of drug-likeness (QED) is 0.763. The maximum atomic E-state index is 12.4. The molecule has 1 nitrogen and oxygen atoms in total. The molecule has 0 radical (unpaired) electrons. The molecule has 0 saturated heterocycles. The molecule has 0 unspecified atom stereocenters. The number of hydrogen-bond acceptors (Lipinski definition) is 1. The first kappa shape index (κ1) is 14.0. The van der Waals surface area contributed by atoms with Crippen molar-refractivity contribution in [3.05, 3.63) is 35.9 Å². The van der Waals surface area contributed by atoms with E-state index in [-0.39, 0.29) is 11.3 Å². The summed E-state index contributed by atoms with van der Waals surface area (Å²) < 4.78 is 0. The molecule has 1 aromatic carbocycles. The Morgan fingerprint density at radius 3 is 2.06 bits per heavy atom. The second-order valence-corrected chi connectivity index (χ2v) is 6.15. The third kappa shape index (κ3) is 3.99. The van der Waals surface area contributed by atoms with Crippen LogP contribution in [0.15, 0.2) is 30.3 Å². The molecule has 0 fully saturated rings. The van der Waals surface area contributed by atoms with Crippen LogP contribution in [0.4, 0.5) is 0 Å². The number of carbonyl (C=O) groups is 1. The molecule has 0 heterocycles. The van der Waals surface area contributed by atoms with Crippen molar-refractivity contribution in [1.29, 1.82) is 0 Å². The van der Waals surface area contributed by atoms with Crippen molar-refractivity contribution in [1.82, 2.24) is 0 Å². The molecule has 0 aromatic heterocycles. The standard InChI is InChI=1S/C16H24O/c1-12(2)14(15(17)16(3,4)5)11-13-9-7-6-8-10-13/h6-10,12,14H,11H2,1-5H3/t14-/m1/s1. The van der Waals surface area contributed by atoms with E-state index < -0.39 is 0 Å². The van der Waals surface area contributed by atoms with Crippen LogP contribution in [0.5, 0.6) is 0 Å². The van der Waals surface area contributed by atoms with E-state index in [1.165, 1.54) is 5.56 Å². The first-order valence-corrected chi connectivity index (χ1v) is 6.40. The molecule has 0 aliphatic rings. The van der Waals surface area contributed by atoms with E-state index in [1.807, 2.05) is 39.0 Å². The third-order valence-corrected chi connectivity index (χ3v) is 3.18. The molecule has 1 aromatic rings. The Hall–Kier alpha value is -1.11. The second-order valence-electron chi connectivity index (χ2n) is 6.15. The molecule has 0 spiro atoms. The van der Waals surface area contributed by atoms with Crippen LogP contribution in [0.2, 0.25) is 0 Å². The van der Waals surface area contributed by atoms with Crippen LogP contribution in [0.1, 0.15) is 40.2 Å². The number of benzene rings is 1. The summed E-state index contributed by atoms with van der Waals surface area (Å²) in [4.78, 5) is 12.4. The van der Waals surface area contributed by atoms with E-state index in [9.17, 15) is 4.79 Å². The molecule has 0 amide bonds. The Morgan fingerprint density at radius 2 is 1.65 bits per heavy atom. The van der Waals surface area contributed by atoms with Gasteiger partial charge in [-0.2, -0.15) is 0 Å². The van der Waals surface area contributed by atoms with Crippen LogP contribution in [-0.4, -0.2) is 5.78 Å². The normalized spacial score (nSPS) is 13.8. The van der Waals surface area contributed by atoms with Gasteiger partial charge in [0, 0.05) is 11.3 Å². The summed E-state index contributed by atoms with van der Waals surface area (Å²) in [5.74, 6) is 0.885. The summed E-state index contributed by atoms with van der Waals surface area (Å²) in [5.41, 5.74) is 1.01. The molecule has 0 aliphatic heterocycles. The lowest BCUT2D eigenvalue weighted by Gasteiger charge is -2.27. The van der Waals surface area contributed by atoms with Crippen molar-refractivity contribution in [3.63, 3.8) is 0 Å². The van der Waals surface area contributed by atoms with Crippen LogP contribution < -0.4 is 0 Å². The monoisotopic (exact) mass is 232 g/mol. The molecule has 0 saturated carbocycles. The number of Topliss-reactive ketones (excluding diaryl/α,β-unsaturated/α-hetero) is 1. The lowest BCUT2D eigenvalue weighted by molar-refractivity contribution is -0.131. The highest BCUT2D eigenvalue weighted by molar-refractivity contribution is 5.86. The Bertz CT molecular complexity index is 357. The van der Waals surface area contributed by atoms with Crippen molar-refractivity contribution >= 4 is 5.78 Å². The predicted molar refractivity (Wildman–Crippen MR) is 72.9 cm³/mol. The number of rotatable bonds is 4. The largest absolute Gasteiger partial charge is 0.299 e. The van der Waals surface area contributed by atoms with Gasteiger partial charge < -0.3 is 0 Å². The molecular formula is C16H24O. The highest BCUT2D eigenvalue weighted by Crippen LogP contribution is 2.27. The summed E-state index contributed by atoms with van der Waals surface area (Å²) in [6.07, 6.45) is 0.856. The van der Waals surface area contributed by atoms with Gasteiger partial charge in [-0.15, -0.1) is 0 Å². The van der Waals surface area contributed by atoms with Gasteiger partial charge in [-0.05, 0) is 17.9 Å². The van der Waals surface area contributed by atoms with E-state index in [1.54, 1.807) is 0 Å². The Labute approximate surface area is 105 Å². The first-order valence-electron chi connectivity index (χ1n) is 6.40. The Kier molecular flexibility index (Phi) is 4.50. The van der Waals surface area contributed by atoms with Crippen LogP contribution in [0, 0.1) is 17.3 Å². The summed E-state index contributed by atoms with van der Waals surface area (Å²) in [7, 11) is 0. The van der Waals surface area contributed by atoms with Crippen molar-refractivity contribution in [2.24, 2.45) is 17.3 Å². The third-order valence-electron chi connectivity index (χ3n) is 3.18. The highest BCUT2D eigenvalue weighted by atomic mass is 16.1. The maximum absolute atomic E-state index is 12.4. The van der Waals surface area contributed by atoms with Crippen molar-refractivity contribution in [2.75, 3.05) is 0 Å². The molecule has 1 atom stereocenters. The van der Waals surface area contributed by atoms with Crippen LogP contribution in [0.25, 0.3) is 0 Å². The topological polar surface area (TPSA) is 17.1 Å². The first-order chi connectivity index (χ1) is 7.82. The van der Waals surface area contributed by atoms with Crippen LogP contribution >= 0.6 is 0 Å². The Balaban J connectivity index is 2.85. The van der Waals surface area contributed by atoms with Gasteiger partial charge in [0.1, 0.15) is 5.78 Å². The van der Waals surface area contributed by atoms with Crippen LogP contribution in [-0.2, 0) is 11.2 Å². The lowest BCUT2D eigenvalue weighted by atomic mass is 9.75. The van der Waals surface area contributed by atoms with Crippen molar-refractivity contribution in [3.8, 4) is 0 Å². The van der Waals surface area contributed by atoms with Gasteiger partial charge in [0.25, 0.3) is 0 Å². The molecule has 94 valence electrons. The average Bonchev–Trinajstić information content (AvgIpc) is 2.24. The minimum Gasteiger partial charge on any atom is -0.299 e. The molecule has 0 bridgehead atoms. The van der Waals surface area contributed by atoms with E-state index >= 15 is 0 Å². The summed E-state index contributed by atoms with van der Waals surface area (Å²) in [6, 6.07) is 10.3. The fourth-order valence-corrected chi connectivity index (χ4v) is 2.06. The van der Waals surface area contributed by atoms with Gasteiger partial charge in [-0.1, -0.05) is 65.0 Å². The molecule has 0 aliphatic carbocycles. The lowest BCUT2D eigenvalue weighted by Crippen LogP contribution is -2.32. The van der Waals surface area contributed by atoms with Gasteiger partial charge >= 0.3 is 0 Å². The molecule has 17 heavy (non-hydrogen) atoms. The fourth-order valence-electron chi connectivity index (χ4n) is 2.06. The predicted octanol–water partition coefficient (Wildman–Crippen LogP) is 4.12. The smallest absolute Gasteiger partial charge is 0.141 e. The minimum absolute atomic E-state index is 0.123. The zero-order valence-corrected chi connectivity index (χ0v) is 11.7. The molecule has 1 heteroatoms.